The second-order valence-corrected chi connectivity index (χ2v) is 4.24. The van der Waals surface area contributed by atoms with E-state index >= 15 is 0 Å². The fraction of sp³-hybridized carbons (Fsp3) is 0.286. The van der Waals surface area contributed by atoms with Crippen molar-refractivity contribution in [2.75, 3.05) is 13.2 Å². The van der Waals surface area contributed by atoms with E-state index in [1.165, 1.54) is 6.92 Å². The molecule has 0 aliphatic carbocycles. The zero-order valence-electron chi connectivity index (χ0n) is 10.9. The molecule has 1 atom stereocenters. The molecule has 1 aromatic carbocycles. The first-order chi connectivity index (χ1) is 9.52. The van der Waals surface area contributed by atoms with Crippen LogP contribution in [0.25, 0.3) is 0 Å². The van der Waals surface area contributed by atoms with Crippen LogP contribution in [-0.4, -0.2) is 31.1 Å². The van der Waals surface area contributed by atoms with Gasteiger partial charge in [0, 0.05) is 5.02 Å². The number of halogens is 1. The van der Waals surface area contributed by atoms with Crippen molar-refractivity contribution in [1.29, 1.82) is 0 Å². The lowest BCUT2D eigenvalue weighted by atomic mass is 10.3. The molecule has 0 aromatic heterocycles. The molecule has 0 saturated heterocycles. The molecule has 106 valence electrons. The number of rotatable bonds is 6. The molecule has 0 aliphatic heterocycles. The number of carbonyl (C=O) groups excluding carboxylic acids is 2. The minimum Gasteiger partial charge on any atom is -0.479 e. The molecule has 0 heterocycles. The highest BCUT2D eigenvalue weighted by molar-refractivity contribution is 6.30. The van der Waals surface area contributed by atoms with E-state index in [1.807, 2.05) is 0 Å². The normalized spacial score (nSPS) is 11.1. The molecular formula is C14H14ClNO4. The van der Waals surface area contributed by atoms with E-state index in [4.69, 9.17) is 27.5 Å². The maximum atomic E-state index is 11.6. The van der Waals surface area contributed by atoms with Gasteiger partial charge < -0.3 is 14.8 Å². The first-order valence-electron chi connectivity index (χ1n) is 5.82. The Bertz CT molecular complexity index is 507. The predicted octanol–water partition coefficient (Wildman–Crippen LogP) is 1.40. The van der Waals surface area contributed by atoms with Crippen molar-refractivity contribution in [2.24, 2.45) is 0 Å². The molecule has 1 amide bonds. The number of benzene rings is 1. The number of nitrogens with one attached hydrogen (secondary N) is 1. The van der Waals surface area contributed by atoms with Crippen molar-refractivity contribution in [2.45, 2.75) is 13.0 Å². The molecule has 5 nitrogen and oxygen atoms in total. The van der Waals surface area contributed by atoms with Gasteiger partial charge in [0.05, 0.1) is 6.54 Å². The van der Waals surface area contributed by atoms with Gasteiger partial charge in [0.15, 0.2) is 12.7 Å². The molecule has 0 aliphatic rings. The summed E-state index contributed by atoms with van der Waals surface area (Å²) in [7, 11) is 0. The number of ether oxygens (including phenoxy) is 2. The van der Waals surface area contributed by atoms with Crippen molar-refractivity contribution in [3.8, 4) is 18.1 Å². The van der Waals surface area contributed by atoms with Crippen LogP contribution in [0.5, 0.6) is 5.75 Å². The quantitative estimate of drug-likeness (QED) is 0.636. The summed E-state index contributed by atoms with van der Waals surface area (Å²) in [4.78, 5) is 22.8. The van der Waals surface area contributed by atoms with Gasteiger partial charge in [0.25, 0.3) is 5.91 Å². The Labute approximate surface area is 122 Å². The third-order valence-corrected chi connectivity index (χ3v) is 2.44. The smallest absolute Gasteiger partial charge is 0.347 e. The van der Waals surface area contributed by atoms with Gasteiger partial charge in [0.2, 0.25) is 0 Å². The summed E-state index contributed by atoms with van der Waals surface area (Å²) in [5.74, 6) is 1.61. The molecule has 0 unspecified atom stereocenters. The highest BCUT2D eigenvalue weighted by Crippen LogP contribution is 2.16. The predicted molar refractivity (Wildman–Crippen MR) is 74.3 cm³/mol. The Morgan fingerprint density at radius 2 is 2.05 bits per heavy atom. The van der Waals surface area contributed by atoms with Gasteiger partial charge in [-0.05, 0) is 31.2 Å². The first-order valence-corrected chi connectivity index (χ1v) is 6.19. The zero-order valence-corrected chi connectivity index (χ0v) is 11.6. The molecule has 20 heavy (non-hydrogen) atoms. The van der Waals surface area contributed by atoms with E-state index in [0.29, 0.717) is 10.8 Å². The average molecular weight is 296 g/mol. The number of carbonyl (C=O) groups is 2. The van der Waals surface area contributed by atoms with Crippen molar-refractivity contribution in [3.63, 3.8) is 0 Å². The Hall–Kier alpha value is -2.19. The van der Waals surface area contributed by atoms with Gasteiger partial charge in [-0.2, -0.15) is 0 Å². The summed E-state index contributed by atoms with van der Waals surface area (Å²) >= 11 is 5.73. The van der Waals surface area contributed by atoms with Gasteiger partial charge >= 0.3 is 5.97 Å². The van der Waals surface area contributed by atoms with Gasteiger partial charge in [0.1, 0.15) is 5.75 Å². The maximum absolute atomic E-state index is 11.6. The van der Waals surface area contributed by atoms with Crippen LogP contribution in [-0.2, 0) is 14.3 Å². The Kier molecular flexibility index (Phi) is 6.41. The third-order valence-electron chi connectivity index (χ3n) is 2.19. The van der Waals surface area contributed by atoms with Crippen molar-refractivity contribution in [3.05, 3.63) is 29.3 Å². The monoisotopic (exact) mass is 295 g/mol. The molecule has 0 saturated carbocycles. The summed E-state index contributed by atoms with van der Waals surface area (Å²) in [5, 5.41) is 2.94. The van der Waals surface area contributed by atoms with Crippen LogP contribution in [0.15, 0.2) is 24.3 Å². The van der Waals surface area contributed by atoms with E-state index in [-0.39, 0.29) is 6.54 Å². The highest BCUT2D eigenvalue weighted by Gasteiger charge is 2.17. The number of hydrogen-bond acceptors (Lipinski definition) is 4. The third kappa shape index (κ3) is 5.63. The molecule has 1 N–H and O–H groups in total. The molecule has 0 spiro atoms. The Balaban J connectivity index is 2.37. The van der Waals surface area contributed by atoms with Crippen LogP contribution in [0.3, 0.4) is 0 Å². The first kappa shape index (κ1) is 15.9. The topological polar surface area (TPSA) is 64.6 Å². The molecule has 6 heteroatoms. The lowest BCUT2D eigenvalue weighted by molar-refractivity contribution is -0.154. The van der Waals surface area contributed by atoms with Crippen molar-refractivity contribution < 1.29 is 19.1 Å². The Morgan fingerprint density at radius 1 is 1.40 bits per heavy atom. The molecule has 0 bridgehead atoms. The SMILES string of the molecule is C#CCNC(=O)COC(=O)[C@@H](C)Oc1ccc(Cl)cc1. The zero-order chi connectivity index (χ0) is 15.0. The summed E-state index contributed by atoms with van der Waals surface area (Å²) in [6.07, 6.45) is 4.14. The van der Waals surface area contributed by atoms with Gasteiger partial charge in [-0.1, -0.05) is 17.5 Å². The van der Waals surface area contributed by atoms with Crippen molar-refractivity contribution in [1.82, 2.24) is 5.32 Å². The molecule has 0 fully saturated rings. The molecule has 1 aromatic rings. The van der Waals surface area contributed by atoms with E-state index in [2.05, 4.69) is 11.2 Å². The molecule has 1 rings (SSSR count). The molecular weight excluding hydrogens is 282 g/mol. The summed E-state index contributed by atoms with van der Waals surface area (Å²) in [6.45, 7) is 1.22. The maximum Gasteiger partial charge on any atom is 0.347 e. The summed E-state index contributed by atoms with van der Waals surface area (Å²) in [5.41, 5.74) is 0. The second-order valence-electron chi connectivity index (χ2n) is 3.80. The second kappa shape index (κ2) is 8.08. The summed E-state index contributed by atoms with van der Waals surface area (Å²) < 4.78 is 10.1. The number of terminal acetylenes is 1. The number of amides is 1. The fourth-order valence-electron chi connectivity index (χ4n) is 1.22. The van der Waals surface area contributed by atoms with Crippen LogP contribution in [0, 0.1) is 12.3 Å². The van der Waals surface area contributed by atoms with Gasteiger partial charge in [-0.15, -0.1) is 6.42 Å². The molecule has 0 radical (unpaired) electrons. The summed E-state index contributed by atoms with van der Waals surface area (Å²) in [6, 6.07) is 6.54. The number of esters is 1. The van der Waals surface area contributed by atoms with Crippen LogP contribution < -0.4 is 10.1 Å². The number of hydrogen-bond donors (Lipinski definition) is 1. The van der Waals surface area contributed by atoms with E-state index < -0.39 is 24.6 Å². The van der Waals surface area contributed by atoms with Crippen LogP contribution >= 0.6 is 11.6 Å². The fourth-order valence-corrected chi connectivity index (χ4v) is 1.35. The minimum absolute atomic E-state index is 0.0905. The highest BCUT2D eigenvalue weighted by atomic mass is 35.5. The Morgan fingerprint density at radius 3 is 2.65 bits per heavy atom. The lowest BCUT2D eigenvalue weighted by Crippen LogP contribution is -2.33. The van der Waals surface area contributed by atoms with Crippen LogP contribution in [0.2, 0.25) is 5.02 Å². The van der Waals surface area contributed by atoms with Crippen molar-refractivity contribution >= 4 is 23.5 Å². The van der Waals surface area contributed by atoms with E-state index in [9.17, 15) is 9.59 Å². The van der Waals surface area contributed by atoms with Crippen LogP contribution in [0.4, 0.5) is 0 Å². The lowest BCUT2D eigenvalue weighted by Gasteiger charge is -2.13. The minimum atomic E-state index is -0.836. The van der Waals surface area contributed by atoms with Crippen LogP contribution in [0.1, 0.15) is 6.92 Å². The largest absolute Gasteiger partial charge is 0.479 e. The van der Waals surface area contributed by atoms with Gasteiger partial charge in [-0.3, -0.25) is 4.79 Å². The van der Waals surface area contributed by atoms with Gasteiger partial charge in [-0.25, -0.2) is 4.79 Å². The van der Waals surface area contributed by atoms with E-state index in [0.717, 1.165) is 0 Å². The van der Waals surface area contributed by atoms with E-state index in [1.54, 1.807) is 24.3 Å². The standard InChI is InChI=1S/C14H14ClNO4/c1-3-8-16-13(17)9-19-14(18)10(2)20-12-6-4-11(15)5-7-12/h1,4-7,10H,8-9H2,2H3,(H,16,17)/t10-/m1/s1. The average Bonchev–Trinajstić information content (AvgIpc) is 2.44.